The van der Waals surface area contributed by atoms with Crippen LogP contribution in [0.3, 0.4) is 0 Å². The third-order valence-corrected chi connectivity index (χ3v) is 3.30. The van der Waals surface area contributed by atoms with Gasteiger partial charge in [-0.3, -0.25) is 4.98 Å². The Balaban J connectivity index is 2.29. The summed E-state index contributed by atoms with van der Waals surface area (Å²) < 4.78 is 0. The molecule has 0 aliphatic rings. The van der Waals surface area contributed by atoms with E-state index in [2.05, 4.69) is 47.1 Å². The van der Waals surface area contributed by atoms with Crippen molar-refractivity contribution < 1.29 is 5.21 Å². The van der Waals surface area contributed by atoms with Crippen molar-refractivity contribution in [2.75, 3.05) is 11.9 Å². The van der Waals surface area contributed by atoms with Crippen molar-refractivity contribution in [3.05, 3.63) is 58.9 Å². The van der Waals surface area contributed by atoms with Crippen LogP contribution >= 0.6 is 0 Å². The van der Waals surface area contributed by atoms with Gasteiger partial charge in [-0.25, -0.2) is 0 Å². The molecule has 0 radical (unpaired) electrons. The second kappa shape index (κ2) is 6.26. The molecule has 1 aromatic carbocycles. The van der Waals surface area contributed by atoms with E-state index in [-0.39, 0.29) is 5.84 Å². The van der Waals surface area contributed by atoms with Crippen LogP contribution in [-0.2, 0) is 6.54 Å². The molecule has 0 fully saturated rings. The standard InChI is InChI=1S/C16H20N4O/c1-11-7-12(2)9-14(8-11)20(3)10-13-5-4-6-18-15(13)16(17)19-21/h4-9,21H,10H2,1-3H3,(H2,17,19). The zero-order chi connectivity index (χ0) is 15.4. The van der Waals surface area contributed by atoms with Gasteiger partial charge in [0.15, 0.2) is 5.84 Å². The average molecular weight is 284 g/mol. The molecule has 0 aliphatic heterocycles. The predicted octanol–water partition coefficient (Wildman–Crippen LogP) is 2.43. The number of aromatic nitrogens is 1. The summed E-state index contributed by atoms with van der Waals surface area (Å²) in [5.74, 6) is 0.0272. The Bertz CT molecular complexity index is 647. The van der Waals surface area contributed by atoms with Gasteiger partial charge in [-0.1, -0.05) is 17.3 Å². The number of benzene rings is 1. The Labute approximate surface area is 124 Å². The number of nitrogens with zero attached hydrogens (tertiary/aromatic N) is 3. The number of anilines is 1. The Morgan fingerprint density at radius 1 is 1.29 bits per heavy atom. The molecular weight excluding hydrogens is 264 g/mol. The van der Waals surface area contributed by atoms with Gasteiger partial charge in [-0.15, -0.1) is 0 Å². The number of hydrogen-bond donors (Lipinski definition) is 2. The Morgan fingerprint density at radius 3 is 2.57 bits per heavy atom. The summed E-state index contributed by atoms with van der Waals surface area (Å²) >= 11 is 0. The minimum absolute atomic E-state index is 0.0272. The number of rotatable bonds is 4. The zero-order valence-corrected chi connectivity index (χ0v) is 12.5. The highest BCUT2D eigenvalue weighted by Crippen LogP contribution is 2.20. The molecule has 2 rings (SSSR count). The lowest BCUT2D eigenvalue weighted by Gasteiger charge is -2.21. The third kappa shape index (κ3) is 3.51. The molecule has 0 saturated carbocycles. The van der Waals surface area contributed by atoms with Gasteiger partial charge < -0.3 is 15.8 Å². The van der Waals surface area contributed by atoms with Crippen molar-refractivity contribution in [3.8, 4) is 0 Å². The van der Waals surface area contributed by atoms with Gasteiger partial charge in [-0.05, 0) is 43.2 Å². The van der Waals surface area contributed by atoms with E-state index in [0.717, 1.165) is 11.3 Å². The summed E-state index contributed by atoms with van der Waals surface area (Å²) in [4.78, 5) is 6.31. The van der Waals surface area contributed by atoms with E-state index < -0.39 is 0 Å². The molecule has 110 valence electrons. The van der Waals surface area contributed by atoms with Crippen molar-refractivity contribution in [1.29, 1.82) is 0 Å². The van der Waals surface area contributed by atoms with E-state index in [4.69, 9.17) is 10.9 Å². The molecule has 3 N–H and O–H groups in total. The summed E-state index contributed by atoms with van der Waals surface area (Å²) in [7, 11) is 2.01. The van der Waals surface area contributed by atoms with Crippen LogP contribution in [0.5, 0.6) is 0 Å². The van der Waals surface area contributed by atoms with Crippen LogP contribution in [0.4, 0.5) is 5.69 Å². The van der Waals surface area contributed by atoms with Crippen molar-refractivity contribution in [2.24, 2.45) is 10.9 Å². The first-order chi connectivity index (χ1) is 10.0. The first kappa shape index (κ1) is 14.8. The largest absolute Gasteiger partial charge is 0.409 e. The molecule has 0 spiro atoms. The van der Waals surface area contributed by atoms with Gasteiger partial charge in [0.1, 0.15) is 5.69 Å². The van der Waals surface area contributed by atoms with Crippen LogP contribution in [0.1, 0.15) is 22.4 Å². The van der Waals surface area contributed by atoms with Crippen LogP contribution in [-0.4, -0.2) is 23.1 Å². The molecule has 2 aromatic rings. The van der Waals surface area contributed by atoms with Crippen molar-refractivity contribution in [2.45, 2.75) is 20.4 Å². The van der Waals surface area contributed by atoms with Crippen LogP contribution in [0.25, 0.3) is 0 Å². The van der Waals surface area contributed by atoms with Gasteiger partial charge in [0.25, 0.3) is 0 Å². The highest BCUT2D eigenvalue weighted by Gasteiger charge is 2.11. The minimum atomic E-state index is 0.0272. The maximum absolute atomic E-state index is 8.85. The van der Waals surface area contributed by atoms with E-state index >= 15 is 0 Å². The maximum atomic E-state index is 8.85. The van der Waals surface area contributed by atoms with Crippen molar-refractivity contribution in [1.82, 2.24) is 4.98 Å². The van der Waals surface area contributed by atoms with E-state index in [1.807, 2.05) is 19.2 Å². The zero-order valence-electron chi connectivity index (χ0n) is 12.5. The summed E-state index contributed by atoms with van der Waals surface area (Å²) in [6.45, 7) is 4.79. The van der Waals surface area contributed by atoms with Gasteiger partial charge in [0.05, 0.1) is 0 Å². The number of aryl methyl sites for hydroxylation is 2. The number of nitrogens with two attached hydrogens (primary N) is 1. The van der Waals surface area contributed by atoms with Crippen LogP contribution in [0, 0.1) is 13.8 Å². The number of pyridine rings is 1. The lowest BCUT2D eigenvalue weighted by molar-refractivity contribution is 0.318. The second-order valence-corrected chi connectivity index (χ2v) is 5.20. The van der Waals surface area contributed by atoms with Gasteiger partial charge in [0, 0.05) is 31.0 Å². The highest BCUT2D eigenvalue weighted by atomic mass is 16.4. The maximum Gasteiger partial charge on any atom is 0.189 e. The lowest BCUT2D eigenvalue weighted by atomic mass is 10.1. The Morgan fingerprint density at radius 2 is 1.95 bits per heavy atom. The van der Waals surface area contributed by atoms with E-state index in [1.165, 1.54) is 11.1 Å². The van der Waals surface area contributed by atoms with Crippen molar-refractivity contribution in [3.63, 3.8) is 0 Å². The topological polar surface area (TPSA) is 74.7 Å². The third-order valence-electron chi connectivity index (χ3n) is 3.30. The molecule has 0 saturated heterocycles. The monoisotopic (exact) mass is 284 g/mol. The quantitative estimate of drug-likeness (QED) is 0.391. The normalized spacial score (nSPS) is 11.5. The lowest BCUT2D eigenvalue weighted by Crippen LogP contribution is -2.22. The van der Waals surface area contributed by atoms with E-state index in [1.54, 1.807) is 6.20 Å². The molecule has 5 nitrogen and oxygen atoms in total. The number of amidine groups is 1. The molecular formula is C16H20N4O. The molecule has 0 amide bonds. The molecule has 1 aromatic heterocycles. The summed E-state index contributed by atoms with van der Waals surface area (Å²) in [5, 5.41) is 11.9. The van der Waals surface area contributed by atoms with Crippen LogP contribution < -0.4 is 10.6 Å². The van der Waals surface area contributed by atoms with Crippen LogP contribution in [0.2, 0.25) is 0 Å². The van der Waals surface area contributed by atoms with Gasteiger partial charge in [0.2, 0.25) is 0 Å². The fraction of sp³-hybridized carbons (Fsp3) is 0.250. The molecule has 0 atom stereocenters. The first-order valence-corrected chi connectivity index (χ1v) is 6.72. The first-order valence-electron chi connectivity index (χ1n) is 6.72. The highest BCUT2D eigenvalue weighted by molar-refractivity contribution is 5.96. The van der Waals surface area contributed by atoms with Crippen molar-refractivity contribution >= 4 is 11.5 Å². The smallest absolute Gasteiger partial charge is 0.189 e. The average Bonchev–Trinajstić information content (AvgIpc) is 2.46. The molecule has 0 aliphatic carbocycles. The molecule has 0 unspecified atom stereocenters. The summed E-state index contributed by atoms with van der Waals surface area (Å²) in [6.07, 6.45) is 1.63. The molecule has 21 heavy (non-hydrogen) atoms. The second-order valence-electron chi connectivity index (χ2n) is 5.20. The fourth-order valence-electron chi connectivity index (χ4n) is 2.36. The predicted molar refractivity (Wildman–Crippen MR) is 84.8 cm³/mol. The van der Waals surface area contributed by atoms with E-state index in [9.17, 15) is 0 Å². The number of oxime groups is 1. The molecule has 1 heterocycles. The summed E-state index contributed by atoms with van der Waals surface area (Å²) in [5.41, 5.74) is 10.7. The van der Waals surface area contributed by atoms with Gasteiger partial charge in [-0.2, -0.15) is 0 Å². The molecule has 0 bridgehead atoms. The van der Waals surface area contributed by atoms with Crippen LogP contribution in [0.15, 0.2) is 41.7 Å². The fourth-order valence-corrected chi connectivity index (χ4v) is 2.36. The molecule has 5 heteroatoms. The van der Waals surface area contributed by atoms with E-state index in [0.29, 0.717) is 12.2 Å². The minimum Gasteiger partial charge on any atom is -0.409 e. The Hall–Kier alpha value is -2.56. The SMILES string of the molecule is Cc1cc(C)cc(N(C)Cc2cccnc2C(N)=NO)c1. The number of hydrogen-bond acceptors (Lipinski definition) is 4. The summed E-state index contributed by atoms with van der Waals surface area (Å²) in [6, 6.07) is 10.2. The van der Waals surface area contributed by atoms with Gasteiger partial charge >= 0.3 is 0 Å². The Kier molecular flexibility index (Phi) is 4.42.